The van der Waals surface area contributed by atoms with Gasteiger partial charge in [-0.2, -0.15) is 13.2 Å². The Balaban J connectivity index is 1.88. The molecule has 7 heteroatoms. The van der Waals surface area contributed by atoms with Crippen LogP contribution in [0.15, 0.2) is 78.9 Å². The van der Waals surface area contributed by atoms with Crippen LogP contribution >= 0.6 is 0 Å². The molecule has 162 valence electrons. The van der Waals surface area contributed by atoms with Gasteiger partial charge in [0, 0.05) is 19.2 Å². The lowest BCUT2D eigenvalue weighted by atomic mass is 9.90. The van der Waals surface area contributed by atoms with E-state index in [9.17, 15) is 18.0 Å². The van der Waals surface area contributed by atoms with Gasteiger partial charge in [0.2, 0.25) is 0 Å². The number of amides is 1. The molecule has 1 amide bonds. The van der Waals surface area contributed by atoms with Gasteiger partial charge in [-0.1, -0.05) is 66.7 Å². The zero-order valence-corrected chi connectivity index (χ0v) is 17.1. The first-order valence-corrected chi connectivity index (χ1v) is 9.51. The lowest BCUT2D eigenvalue weighted by Crippen LogP contribution is -2.55. The number of carbonyl (C=O) groups is 1. The van der Waals surface area contributed by atoms with Crippen molar-refractivity contribution in [2.24, 2.45) is 0 Å². The van der Waals surface area contributed by atoms with E-state index in [2.05, 4.69) is 5.32 Å². The quantitative estimate of drug-likeness (QED) is 0.570. The second kappa shape index (κ2) is 9.22. The fraction of sp³-hybridized carbons (Fsp3) is 0.208. The number of nitrogens with one attached hydrogen (secondary N) is 1. The van der Waals surface area contributed by atoms with E-state index in [0.29, 0.717) is 11.3 Å². The van der Waals surface area contributed by atoms with Crippen LogP contribution in [0.3, 0.4) is 0 Å². The molecule has 1 unspecified atom stereocenters. The van der Waals surface area contributed by atoms with Gasteiger partial charge in [0.15, 0.2) is 0 Å². The van der Waals surface area contributed by atoms with Crippen molar-refractivity contribution in [3.63, 3.8) is 0 Å². The highest BCUT2D eigenvalue weighted by atomic mass is 19.4. The Bertz CT molecular complexity index is 1000. The topological polar surface area (TPSA) is 47.6 Å². The molecule has 0 bridgehead atoms. The molecule has 3 aromatic carbocycles. The zero-order chi connectivity index (χ0) is 22.5. The minimum atomic E-state index is -4.97. The van der Waals surface area contributed by atoms with E-state index in [-0.39, 0.29) is 12.1 Å². The lowest BCUT2D eigenvalue weighted by Gasteiger charge is -2.33. The molecule has 0 radical (unpaired) electrons. The Morgan fingerprint density at radius 1 is 0.839 bits per heavy atom. The summed E-state index contributed by atoms with van der Waals surface area (Å²) in [5.74, 6) is -0.680. The Kier molecular flexibility index (Phi) is 6.65. The number of alkyl halides is 3. The highest BCUT2D eigenvalue weighted by Gasteiger charge is 2.62. The molecule has 1 N–H and O–H groups in total. The summed E-state index contributed by atoms with van der Waals surface area (Å²) in [7, 11) is 2.39. The van der Waals surface area contributed by atoms with E-state index in [4.69, 9.17) is 9.47 Å². The maximum Gasteiger partial charge on any atom is 0.430 e. The van der Waals surface area contributed by atoms with Crippen LogP contribution in [-0.2, 0) is 21.7 Å². The minimum absolute atomic E-state index is 0.0912. The third-order valence-electron chi connectivity index (χ3n) is 5.04. The molecule has 0 aliphatic heterocycles. The minimum Gasteiger partial charge on any atom is -0.497 e. The van der Waals surface area contributed by atoms with Gasteiger partial charge in [-0.3, -0.25) is 4.79 Å². The predicted octanol–water partition coefficient (Wildman–Crippen LogP) is 5.08. The van der Waals surface area contributed by atoms with Crippen LogP contribution < -0.4 is 10.1 Å². The van der Waals surface area contributed by atoms with Crippen molar-refractivity contribution in [1.82, 2.24) is 5.32 Å². The SMILES string of the molecule is COc1ccc(CNC(=O)C(OC)(c2ccc(-c3ccccc3)cc2)C(F)(F)F)cc1. The summed E-state index contributed by atoms with van der Waals surface area (Å²) in [6, 6.07) is 21.5. The Labute approximate surface area is 178 Å². The van der Waals surface area contributed by atoms with Gasteiger partial charge in [0.25, 0.3) is 11.5 Å². The van der Waals surface area contributed by atoms with Gasteiger partial charge in [0.05, 0.1) is 7.11 Å². The number of hydrogen-bond acceptors (Lipinski definition) is 3. The fourth-order valence-corrected chi connectivity index (χ4v) is 3.33. The number of hydrogen-bond donors (Lipinski definition) is 1. The second-order valence-corrected chi connectivity index (χ2v) is 6.86. The normalized spacial score (nSPS) is 13.3. The number of methoxy groups -OCH3 is 2. The second-order valence-electron chi connectivity index (χ2n) is 6.86. The summed E-state index contributed by atoms with van der Waals surface area (Å²) in [4.78, 5) is 12.8. The monoisotopic (exact) mass is 429 g/mol. The van der Waals surface area contributed by atoms with E-state index in [1.807, 2.05) is 30.3 Å². The van der Waals surface area contributed by atoms with Gasteiger partial charge >= 0.3 is 6.18 Å². The highest BCUT2D eigenvalue weighted by molar-refractivity contribution is 5.88. The van der Waals surface area contributed by atoms with E-state index in [0.717, 1.165) is 18.2 Å². The van der Waals surface area contributed by atoms with E-state index < -0.39 is 17.7 Å². The highest BCUT2D eigenvalue weighted by Crippen LogP contribution is 2.42. The molecule has 0 heterocycles. The third-order valence-corrected chi connectivity index (χ3v) is 5.04. The summed E-state index contributed by atoms with van der Waals surface area (Å²) in [6.07, 6.45) is -4.97. The van der Waals surface area contributed by atoms with Crippen molar-refractivity contribution in [2.45, 2.75) is 18.3 Å². The molecule has 0 spiro atoms. The van der Waals surface area contributed by atoms with Crippen LogP contribution in [0, 0.1) is 0 Å². The van der Waals surface area contributed by atoms with E-state index in [1.165, 1.54) is 19.2 Å². The average molecular weight is 429 g/mol. The molecule has 0 fully saturated rings. The van der Waals surface area contributed by atoms with E-state index >= 15 is 0 Å². The van der Waals surface area contributed by atoms with Gasteiger partial charge in [0.1, 0.15) is 5.75 Å². The summed E-state index contributed by atoms with van der Waals surface area (Å²) >= 11 is 0. The summed E-state index contributed by atoms with van der Waals surface area (Å²) in [6.45, 7) is -0.0912. The lowest BCUT2D eigenvalue weighted by molar-refractivity contribution is -0.265. The van der Waals surface area contributed by atoms with Gasteiger partial charge in [-0.05, 0) is 28.8 Å². The van der Waals surface area contributed by atoms with Crippen LogP contribution in [0.5, 0.6) is 5.75 Å². The molecule has 0 saturated heterocycles. The largest absolute Gasteiger partial charge is 0.497 e. The first kappa shape index (κ1) is 22.4. The average Bonchev–Trinajstić information content (AvgIpc) is 2.79. The van der Waals surface area contributed by atoms with Crippen molar-refractivity contribution in [3.05, 3.63) is 90.0 Å². The fourth-order valence-electron chi connectivity index (χ4n) is 3.33. The molecule has 1 atom stereocenters. The first-order valence-electron chi connectivity index (χ1n) is 9.51. The number of ether oxygens (including phenoxy) is 2. The van der Waals surface area contributed by atoms with Crippen LogP contribution in [0.1, 0.15) is 11.1 Å². The molecular weight excluding hydrogens is 407 g/mol. The standard InChI is InChI=1S/C24H22F3NO3/c1-30-21-14-8-17(9-15-21)16-28-22(29)23(31-2,24(25,26)27)20-12-10-19(11-13-20)18-6-4-3-5-7-18/h3-15H,16H2,1-2H3,(H,28,29). The van der Waals surface area contributed by atoms with Gasteiger partial charge in [-0.15, -0.1) is 0 Å². The third kappa shape index (κ3) is 4.56. The maximum absolute atomic E-state index is 14.2. The summed E-state index contributed by atoms with van der Waals surface area (Å²) in [5, 5.41) is 2.35. The molecule has 31 heavy (non-hydrogen) atoms. The molecule has 0 aromatic heterocycles. The van der Waals surface area contributed by atoms with Gasteiger partial charge in [-0.25, -0.2) is 0 Å². The maximum atomic E-state index is 14.2. The van der Waals surface area contributed by atoms with Crippen molar-refractivity contribution < 1.29 is 27.4 Å². The molecule has 3 aromatic rings. The molecule has 0 saturated carbocycles. The van der Waals surface area contributed by atoms with Crippen molar-refractivity contribution in [1.29, 1.82) is 0 Å². The van der Waals surface area contributed by atoms with Crippen LogP contribution in [0.4, 0.5) is 13.2 Å². The van der Waals surface area contributed by atoms with Crippen LogP contribution in [0.2, 0.25) is 0 Å². The summed E-state index contributed by atoms with van der Waals surface area (Å²) < 4.78 is 52.4. The number of benzene rings is 3. The predicted molar refractivity (Wildman–Crippen MR) is 111 cm³/mol. The Hall–Kier alpha value is -3.32. The molecule has 0 aliphatic rings. The summed E-state index contributed by atoms with van der Waals surface area (Å²) in [5.41, 5.74) is -1.22. The molecule has 0 aliphatic carbocycles. The smallest absolute Gasteiger partial charge is 0.430 e. The Morgan fingerprint density at radius 3 is 1.94 bits per heavy atom. The molecule has 3 rings (SSSR count). The van der Waals surface area contributed by atoms with Crippen LogP contribution in [0.25, 0.3) is 11.1 Å². The van der Waals surface area contributed by atoms with Crippen molar-refractivity contribution >= 4 is 5.91 Å². The zero-order valence-electron chi connectivity index (χ0n) is 17.1. The first-order chi connectivity index (χ1) is 14.8. The number of rotatable bonds is 7. The molecule has 4 nitrogen and oxygen atoms in total. The van der Waals surface area contributed by atoms with Crippen LogP contribution in [-0.4, -0.2) is 26.3 Å². The molecular formula is C24H22F3NO3. The number of halogens is 3. The number of carbonyl (C=O) groups excluding carboxylic acids is 1. The van der Waals surface area contributed by atoms with E-state index in [1.54, 1.807) is 36.4 Å². The van der Waals surface area contributed by atoms with Crippen molar-refractivity contribution in [3.8, 4) is 16.9 Å². The van der Waals surface area contributed by atoms with Crippen molar-refractivity contribution in [2.75, 3.05) is 14.2 Å². The Morgan fingerprint density at radius 2 is 1.42 bits per heavy atom. The van der Waals surface area contributed by atoms with Gasteiger partial charge < -0.3 is 14.8 Å².